The number of rotatable bonds is 7. The molecule has 1 aromatic rings. The third kappa shape index (κ3) is 6.17. The predicted octanol–water partition coefficient (Wildman–Crippen LogP) is 3.80. The minimum absolute atomic E-state index is 0.338. The first kappa shape index (κ1) is 20.0. The largest absolute Gasteiger partial charge is 0.357 e. The number of guanidine groups is 1. The molecular weight excluding hydrogens is 360 g/mol. The Morgan fingerprint density at radius 2 is 2.31 bits per heavy atom. The van der Waals surface area contributed by atoms with Gasteiger partial charge in [-0.3, -0.25) is 9.89 Å². The number of hydrogen-bond donors (Lipinski definition) is 2. The lowest BCUT2D eigenvalue weighted by Crippen LogP contribution is -2.44. The van der Waals surface area contributed by atoms with Gasteiger partial charge in [0.1, 0.15) is 0 Å². The molecule has 2 N–H and O–H groups in total. The van der Waals surface area contributed by atoms with Crippen LogP contribution in [0, 0.1) is 5.92 Å². The molecule has 3 rings (SSSR count). The highest BCUT2D eigenvalue weighted by Crippen LogP contribution is 2.37. The van der Waals surface area contributed by atoms with Crippen molar-refractivity contribution in [2.24, 2.45) is 10.9 Å². The maximum absolute atomic E-state index is 4.89. The third-order valence-electron chi connectivity index (χ3n) is 5.34. The second-order valence-electron chi connectivity index (χ2n) is 7.80. The monoisotopic (exact) mass is 394 g/mol. The lowest BCUT2D eigenvalue weighted by Gasteiger charge is -2.32. The summed E-state index contributed by atoms with van der Waals surface area (Å²) in [5.41, 5.74) is 0. The predicted molar refractivity (Wildman–Crippen MR) is 116 cm³/mol. The van der Waals surface area contributed by atoms with E-state index in [1.165, 1.54) is 49.4 Å². The number of aliphatic imine (C=N–C) groups is 1. The highest BCUT2D eigenvalue weighted by Gasteiger charge is 2.29. The lowest BCUT2D eigenvalue weighted by molar-refractivity contribution is 0.169. The van der Waals surface area contributed by atoms with Crippen LogP contribution in [0.15, 0.2) is 22.5 Å². The average molecular weight is 395 g/mol. The number of nitrogens with zero attached hydrogens (tertiary/aromatic N) is 2. The number of hydrogen-bond acceptors (Lipinski definition) is 4. The first-order chi connectivity index (χ1) is 12.7. The zero-order chi connectivity index (χ0) is 18.2. The van der Waals surface area contributed by atoms with E-state index in [9.17, 15) is 0 Å². The second kappa shape index (κ2) is 10.00. The number of thiophene rings is 1. The van der Waals surface area contributed by atoms with Gasteiger partial charge in [-0.2, -0.15) is 11.8 Å². The summed E-state index contributed by atoms with van der Waals surface area (Å²) in [6, 6.07) is 4.41. The van der Waals surface area contributed by atoms with Crippen molar-refractivity contribution in [2.75, 3.05) is 38.5 Å². The van der Waals surface area contributed by atoms with Crippen molar-refractivity contribution in [1.82, 2.24) is 15.5 Å². The van der Waals surface area contributed by atoms with Crippen molar-refractivity contribution in [1.29, 1.82) is 0 Å². The van der Waals surface area contributed by atoms with Crippen LogP contribution in [0.25, 0.3) is 0 Å². The molecule has 146 valence electrons. The molecule has 2 fully saturated rings. The van der Waals surface area contributed by atoms with Crippen LogP contribution in [-0.2, 0) is 6.54 Å². The van der Waals surface area contributed by atoms with Crippen LogP contribution in [0.2, 0.25) is 0 Å². The zero-order valence-electron chi connectivity index (χ0n) is 16.3. The van der Waals surface area contributed by atoms with E-state index in [1.807, 2.05) is 11.3 Å². The number of piperidine rings is 1. The maximum atomic E-state index is 4.89. The van der Waals surface area contributed by atoms with E-state index < -0.39 is 0 Å². The quantitative estimate of drug-likeness (QED) is 0.545. The summed E-state index contributed by atoms with van der Waals surface area (Å²) >= 11 is 3.96. The summed E-state index contributed by atoms with van der Waals surface area (Å²) in [6.07, 6.45) is 5.25. The molecular formula is C20H34N4S2. The van der Waals surface area contributed by atoms with Gasteiger partial charge in [-0.1, -0.05) is 6.07 Å². The molecule has 2 atom stereocenters. The molecule has 2 unspecified atom stereocenters. The molecule has 2 saturated heterocycles. The number of nitrogens with one attached hydrogen (secondary N) is 2. The van der Waals surface area contributed by atoms with Gasteiger partial charge in [0.25, 0.3) is 0 Å². The molecule has 0 radical (unpaired) electrons. The molecule has 6 heteroatoms. The van der Waals surface area contributed by atoms with Crippen LogP contribution in [0.3, 0.4) is 0 Å². The Kier molecular flexibility index (Phi) is 7.70. The smallest absolute Gasteiger partial charge is 0.191 e. The lowest BCUT2D eigenvalue weighted by atomic mass is 9.98. The van der Waals surface area contributed by atoms with Gasteiger partial charge in [-0.15, -0.1) is 11.3 Å². The summed E-state index contributed by atoms with van der Waals surface area (Å²) in [6.45, 7) is 10.9. The topological polar surface area (TPSA) is 39.7 Å². The van der Waals surface area contributed by atoms with Gasteiger partial charge < -0.3 is 10.6 Å². The Hall–Kier alpha value is -0.720. The molecule has 3 heterocycles. The Bertz CT molecular complexity index is 552. The molecule has 0 aliphatic carbocycles. The van der Waals surface area contributed by atoms with Crippen LogP contribution in [0.5, 0.6) is 0 Å². The van der Waals surface area contributed by atoms with Crippen LogP contribution in [0.4, 0.5) is 0 Å². The first-order valence-electron chi connectivity index (χ1n) is 10.1. The van der Waals surface area contributed by atoms with Gasteiger partial charge in [0.15, 0.2) is 5.96 Å². The minimum atomic E-state index is 0.338. The fourth-order valence-corrected chi connectivity index (χ4v) is 5.85. The van der Waals surface area contributed by atoms with Crippen LogP contribution in [-0.4, -0.2) is 54.1 Å². The van der Waals surface area contributed by atoms with Gasteiger partial charge in [0.05, 0.1) is 6.54 Å². The van der Waals surface area contributed by atoms with Gasteiger partial charge >= 0.3 is 0 Å². The normalized spacial score (nSPS) is 27.6. The Balaban J connectivity index is 1.46. The van der Waals surface area contributed by atoms with E-state index in [4.69, 9.17) is 4.99 Å². The van der Waals surface area contributed by atoms with Crippen molar-refractivity contribution >= 4 is 29.1 Å². The van der Waals surface area contributed by atoms with Gasteiger partial charge in [0.2, 0.25) is 0 Å². The highest BCUT2D eigenvalue weighted by atomic mass is 32.2. The van der Waals surface area contributed by atoms with Crippen molar-refractivity contribution < 1.29 is 0 Å². The molecule has 0 spiro atoms. The molecule has 0 saturated carbocycles. The Morgan fingerprint density at radius 1 is 1.38 bits per heavy atom. The standard InChI is InChI=1S/C20H34N4S2/c1-3-21-19(23-16-20(2)9-6-12-26-20)22-13-17-7-4-10-24(14-17)15-18-8-5-11-25-18/h5,8,11,17H,3-4,6-7,9-10,12-16H2,1-2H3,(H2,21,22,23). The van der Waals surface area contributed by atoms with Crippen LogP contribution in [0.1, 0.15) is 44.4 Å². The zero-order valence-corrected chi connectivity index (χ0v) is 17.9. The maximum Gasteiger partial charge on any atom is 0.191 e. The molecule has 2 aliphatic rings. The summed E-state index contributed by atoms with van der Waals surface area (Å²) < 4.78 is 0.338. The second-order valence-corrected chi connectivity index (χ2v) is 10.5. The summed E-state index contributed by atoms with van der Waals surface area (Å²) in [7, 11) is 0. The summed E-state index contributed by atoms with van der Waals surface area (Å²) in [4.78, 5) is 8.99. The van der Waals surface area contributed by atoms with Crippen molar-refractivity contribution in [3.05, 3.63) is 22.4 Å². The van der Waals surface area contributed by atoms with Crippen molar-refractivity contribution in [3.63, 3.8) is 0 Å². The van der Waals surface area contributed by atoms with Crippen molar-refractivity contribution in [3.8, 4) is 0 Å². The van der Waals surface area contributed by atoms with E-state index in [0.717, 1.165) is 32.1 Å². The molecule has 0 amide bonds. The molecule has 0 bridgehead atoms. The Morgan fingerprint density at radius 3 is 3.04 bits per heavy atom. The SMILES string of the molecule is CCNC(=NCC1(C)CCCS1)NCC1CCCN(Cc2cccs2)C1. The fourth-order valence-electron chi connectivity index (χ4n) is 3.88. The van der Waals surface area contributed by atoms with Crippen molar-refractivity contribution in [2.45, 2.75) is 50.8 Å². The molecule has 0 aromatic carbocycles. The molecule has 1 aromatic heterocycles. The number of thioether (sulfide) groups is 1. The first-order valence-corrected chi connectivity index (χ1v) is 11.9. The number of likely N-dealkylation sites (tertiary alicyclic amines) is 1. The minimum Gasteiger partial charge on any atom is -0.357 e. The fraction of sp³-hybridized carbons (Fsp3) is 0.750. The van der Waals surface area contributed by atoms with E-state index in [2.05, 4.69) is 58.7 Å². The summed E-state index contributed by atoms with van der Waals surface area (Å²) in [5, 5.41) is 9.23. The molecule has 2 aliphatic heterocycles. The van der Waals surface area contributed by atoms with Gasteiger partial charge in [-0.25, -0.2) is 0 Å². The third-order valence-corrected chi connectivity index (χ3v) is 7.72. The van der Waals surface area contributed by atoms with Crippen LogP contribution >= 0.6 is 23.1 Å². The summed E-state index contributed by atoms with van der Waals surface area (Å²) in [5.74, 6) is 3.00. The highest BCUT2D eigenvalue weighted by molar-refractivity contribution is 8.00. The van der Waals surface area contributed by atoms with Gasteiger partial charge in [0, 0.05) is 35.8 Å². The van der Waals surface area contributed by atoms with E-state index in [0.29, 0.717) is 10.7 Å². The Labute approximate surface area is 167 Å². The van der Waals surface area contributed by atoms with Gasteiger partial charge in [-0.05, 0) is 69.2 Å². The van der Waals surface area contributed by atoms with E-state index >= 15 is 0 Å². The van der Waals surface area contributed by atoms with Crippen LogP contribution < -0.4 is 10.6 Å². The average Bonchev–Trinajstić information content (AvgIpc) is 3.30. The van der Waals surface area contributed by atoms with E-state index in [-0.39, 0.29) is 0 Å². The molecule has 26 heavy (non-hydrogen) atoms. The molecule has 4 nitrogen and oxygen atoms in total. The van der Waals surface area contributed by atoms with E-state index in [1.54, 1.807) is 0 Å².